The van der Waals surface area contributed by atoms with Crippen molar-refractivity contribution in [3.05, 3.63) is 12.8 Å². The highest BCUT2D eigenvalue weighted by Crippen LogP contribution is 2.13. The van der Waals surface area contributed by atoms with E-state index in [9.17, 15) is 0 Å². The van der Waals surface area contributed by atoms with Gasteiger partial charge in [-0.2, -0.15) is 0 Å². The van der Waals surface area contributed by atoms with Gasteiger partial charge in [0.15, 0.2) is 0 Å². The largest absolute Gasteiger partial charge is 0.499 e. The normalized spacial score (nSPS) is 31.4. The van der Waals surface area contributed by atoms with Crippen molar-refractivity contribution < 1.29 is 9.47 Å². The first kappa shape index (κ1) is 10.3. The van der Waals surface area contributed by atoms with Crippen LogP contribution in [0.5, 0.6) is 0 Å². The second-order valence-corrected chi connectivity index (χ2v) is 3.99. The Morgan fingerprint density at radius 1 is 1.75 bits per heavy atom. The van der Waals surface area contributed by atoms with Gasteiger partial charge in [-0.05, 0) is 0 Å². The predicted octanol–water partition coefficient (Wildman–Crippen LogP) is 0.692. The van der Waals surface area contributed by atoms with Crippen molar-refractivity contribution >= 4 is 30.7 Å². The van der Waals surface area contributed by atoms with E-state index < -0.39 is 0 Å². The molecule has 2 unspecified atom stereocenters. The van der Waals surface area contributed by atoms with Crippen LogP contribution in [0.15, 0.2) is 12.8 Å². The highest BCUT2D eigenvalue weighted by atomic mass is 127. The summed E-state index contributed by atoms with van der Waals surface area (Å²) < 4.78 is 12.5. The maximum absolute atomic E-state index is 5.64. The molecule has 1 aliphatic heterocycles. The van der Waals surface area contributed by atoms with Gasteiger partial charge in [0.25, 0.3) is 0 Å². The maximum Gasteiger partial charge on any atom is 0.115 e. The van der Waals surface area contributed by atoms with Gasteiger partial charge in [-0.1, -0.05) is 6.58 Å². The smallest absolute Gasteiger partial charge is 0.115 e. The molecule has 0 amide bonds. The van der Waals surface area contributed by atoms with E-state index in [2.05, 4.69) is 32.6 Å². The van der Waals surface area contributed by atoms with Crippen LogP contribution in [-0.4, -0.2) is 42.8 Å². The molecule has 12 heavy (non-hydrogen) atoms. The molecule has 1 rings (SSSR count). The van der Waals surface area contributed by atoms with Crippen LogP contribution in [0.4, 0.5) is 0 Å². The lowest BCUT2D eigenvalue weighted by Gasteiger charge is -2.33. The number of nitrogens with zero attached hydrogens (tertiary/aromatic N) is 1. The van der Waals surface area contributed by atoms with Gasteiger partial charge < -0.3 is 9.47 Å². The van der Waals surface area contributed by atoms with Crippen molar-refractivity contribution in [3.8, 4) is 0 Å². The molecule has 0 spiro atoms. The molecule has 1 aliphatic rings. The molecule has 0 bridgehead atoms. The van der Waals surface area contributed by atoms with Crippen molar-refractivity contribution in [2.75, 3.05) is 19.7 Å². The van der Waals surface area contributed by atoms with Crippen molar-refractivity contribution in [1.29, 1.82) is 0 Å². The second-order valence-electron chi connectivity index (χ2n) is 2.62. The van der Waals surface area contributed by atoms with Gasteiger partial charge in [0.2, 0.25) is 0 Å². The summed E-state index contributed by atoms with van der Waals surface area (Å²) in [5, 5.41) is 0. The third-order valence-corrected chi connectivity index (χ3v) is 2.33. The molecule has 0 aromatic rings. The lowest BCUT2D eigenvalue weighted by Crippen LogP contribution is -2.45. The van der Waals surface area contributed by atoms with Gasteiger partial charge in [0.05, 0.1) is 6.26 Å². The third kappa shape index (κ3) is 3.32. The van der Waals surface area contributed by atoms with Crippen molar-refractivity contribution in [2.45, 2.75) is 12.1 Å². The van der Waals surface area contributed by atoms with Crippen LogP contribution in [-0.2, 0) is 9.47 Å². The summed E-state index contributed by atoms with van der Waals surface area (Å²) in [6.45, 7) is 5.60. The van der Waals surface area contributed by atoms with Crippen molar-refractivity contribution in [3.63, 3.8) is 0 Å². The van der Waals surface area contributed by atoms with E-state index in [1.807, 2.05) is 0 Å². The Kier molecular flexibility index (Phi) is 4.38. The fourth-order valence-corrected chi connectivity index (χ4v) is 1.92. The standard InChI is InChI=1S/C7H11BINO2/c1-2-11-5-6-3-10(9)4-7(8)12-6/h2,6-7H,1,3-5H2. The van der Waals surface area contributed by atoms with Crippen LogP contribution in [0.1, 0.15) is 0 Å². The van der Waals surface area contributed by atoms with E-state index in [0.29, 0.717) is 6.61 Å². The molecule has 1 saturated heterocycles. The highest BCUT2D eigenvalue weighted by molar-refractivity contribution is 14.1. The first-order chi connectivity index (χ1) is 5.72. The Balaban J connectivity index is 2.28. The Morgan fingerprint density at radius 2 is 2.50 bits per heavy atom. The molecule has 66 valence electrons. The first-order valence-corrected chi connectivity index (χ1v) is 4.73. The monoisotopic (exact) mass is 279 g/mol. The van der Waals surface area contributed by atoms with Gasteiger partial charge in [-0.3, -0.25) is 0 Å². The van der Waals surface area contributed by atoms with Crippen LogP contribution < -0.4 is 0 Å². The number of morpholine rings is 1. The summed E-state index contributed by atoms with van der Waals surface area (Å²) >= 11 is 2.23. The minimum atomic E-state index is -0.200. The minimum Gasteiger partial charge on any atom is -0.499 e. The van der Waals surface area contributed by atoms with E-state index in [4.69, 9.17) is 17.3 Å². The number of halogens is 1. The Hall–Kier alpha value is 0.255. The van der Waals surface area contributed by atoms with E-state index in [-0.39, 0.29) is 12.1 Å². The predicted molar refractivity (Wildman–Crippen MR) is 56.2 cm³/mol. The van der Waals surface area contributed by atoms with Crippen LogP contribution in [0, 0.1) is 0 Å². The van der Waals surface area contributed by atoms with Gasteiger partial charge in [-0.15, -0.1) is 0 Å². The van der Waals surface area contributed by atoms with E-state index in [1.54, 1.807) is 0 Å². The molecule has 0 aromatic carbocycles. The minimum absolute atomic E-state index is 0.0589. The third-order valence-electron chi connectivity index (χ3n) is 1.55. The van der Waals surface area contributed by atoms with E-state index in [0.717, 1.165) is 13.1 Å². The number of rotatable bonds is 3. The molecule has 1 heterocycles. The number of ether oxygens (including phenoxy) is 2. The summed E-state index contributed by atoms with van der Waals surface area (Å²) in [5.74, 6) is 0. The van der Waals surface area contributed by atoms with E-state index >= 15 is 0 Å². The zero-order chi connectivity index (χ0) is 8.97. The van der Waals surface area contributed by atoms with Gasteiger partial charge in [0, 0.05) is 42.0 Å². The topological polar surface area (TPSA) is 21.7 Å². The molecular weight excluding hydrogens is 268 g/mol. The summed E-state index contributed by atoms with van der Waals surface area (Å²) in [4.78, 5) is 0. The quantitative estimate of drug-likeness (QED) is 0.328. The summed E-state index contributed by atoms with van der Waals surface area (Å²) in [7, 11) is 5.64. The van der Waals surface area contributed by atoms with Crippen molar-refractivity contribution in [1.82, 2.24) is 3.11 Å². The molecule has 1 fully saturated rings. The molecule has 5 heteroatoms. The molecular formula is C7H11BINO2. The maximum atomic E-state index is 5.64. The van der Waals surface area contributed by atoms with E-state index in [1.165, 1.54) is 6.26 Å². The lowest BCUT2D eigenvalue weighted by molar-refractivity contribution is -0.0459. The van der Waals surface area contributed by atoms with Crippen LogP contribution >= 0.6 is 22.9 Å². The number of hydrogen-bond acceptors (Lipinski definition) is 3. The lowest BCUT2D eigenvalue weighted by atomic mass is 9.98. The zero-order valence-corrected chi connectivity index (χ0v) is 8.94. The van der Waals surface area contributed by atoms with Crippen LogP contribution in [0.25, 0.3) is 0 Å². The van der Waals surface area contributed by atoms with Crippen LogP contribution in [0.3, 0.4) is 0 Å². The average molecular weight is 279 g/mol. The molecule has 0 aromatic heterocycles. The highest BCUT2D eigenvalue weighted by Gasteiger charge is 2.23. The molecule has 0 aliphatic carbocycles. The number of hydrogen-bond donors (Lipinski definition) is 0. The van der Waals surface area contributed by atoms with Crippen LogP contribution in [0.2, 0.25) is 0 Å². The average Bonchev–Trinajstić information content (AvgIpc) is 1.99. The zero-order valence-electron chi connectivity index (χ0n) is 6.78. The second kappa shape index (κ2) is 5.09. The molecule has 0 N–H and O–H groups in total. The molecule has 2 atom stereocenters. The SMILES string of the molecule is [B]C1CN(I)CC(COC=C)O1. The summed E-state index contributed by atoms with van der Waals surface area (Å²) in [6.07, 6.45) is 1.48. The van der Waals surface area contributed by atoms with Gasteiger partial charge >= 0.3 is 0 Å². The van der Waals surface area contributed by atoms with Gasteiger partial charge in [0.1, 0.15) is 20.6 Å². The fourth-order valence-electron chi connectivity index (χ4n) is 1.09. The fraction of sp³-hybridized carbons (Fsp3) is 0.714. The summed E-state index contributed by atoms with van der Waals surface area (Å²) in [5.41, 5.74) is 0. The summed E-state index contributed by atoms with van der Waals surface area (Å²) in [6, 6.07) is -0.200. The van der Waals surface area contributed by atoms with Crippen molar-refractivity contribution in [2.24, 2.45) is 0 Å². The van der Waals surface area contributed by atoms with Gasteiger partial charge in [-0.25, -0.2) is 3.11 Å². The first-order valence-electron chi connectivity index (χ1n) is 3.76. The Morgan fingerprint density at radius 3 is 3.08 bits per heavy atom. The molecule has 0 saturated carbocycles. The Bertz CT molecular complexity index is 148. The molecule has 3 nitrogen and oxygen atoms in total. The molecule has 2 radical (unpaired) electrons. The Labute approximate surface area is 88.0 Å².